The van der Waals surface area contributed by atoms with Gasteiger partial charge in [-0.3, -0.25) is 9.59 Å². The summed E-state index contributed by atoms with van der Waals surface area (Å²) in [5.74, 6) is -0.553. The van der Waals surface area contributed by atoms with Gasteiger partial charge in [0.25, 0.3) is 5.56 Å². The van der Waals surface area contributed by atoms with Crippen LogP contribution in [-0.4, -0.2) is 10.1 Å². The van der Waals surface area contributed by atoms with E-state index < -0.39 is 11.3 Å². The Labute approximate surface area is 91.2 Å². The van der Waals surface area contributed by atoms with E-state index >= 15 is 0 Å². The molecule has 0 aliphatic heterocycles. The molecule has 82 valence electrons. The Morgan fingerprint density at radius 1 is 1.31 bits per heavy atom. The van der Waals surface area contributed by atoms with E-state index in [4.69, 9.17) is 0 Å². The first kappa shape index (κ1) is 10.4. The Bertz CT molecular complexity index is 658. The van der Waals surface area contributed by atoms with Crippen molar-refractivity contribution in [3.63, 3.8) is 0 Å². The van der Waals surface area contributed by atoms with Crippen LogP contribution in [0, 0.1) is 0 Å². The van der Waals surface area contributed by atoms with Gasteiger partial charge < -0.3 is 10.1 Å². The summed E-state index contributed by atoms with van der Waals surface area (Å²) >= 11 is 0. The molecule has 4 heteroatoms. The van der Waals surface area contributed by atoms with Crippen LogP contribution in [0.1, 0.15) is 12.5 Å². The van der Waals surface area contributed by atoms with Crippen LogP contribution < -0.4 is 11.0 Å². The van der Waals surface area contributed by atoms with E-state index in [0.29, 0.717) is 17.3 Å². The number of benzene rings is 1. The van der Waals surface area contributed by atoms with Gasteiger partial charge in [0, 0.05) is 11.5 Å². The average Bonchev–Trinajstić information content (AvgIpc) is 2.38. The zero-order valence-corrected chi connectivity index (χ0v) is 8.78. The highest BCUT2D eigenvalue weighted by Gasteiger charge is 2.04. The lowest BCUT2D eigenvalue weighted by atomic mass is 10.1. The molecule has 0 unspecified atom stereocenters. The third-order valence-corrected chi connectivity index (χ3v) is 2.54. The minimum Gasteiger partial charge on any atom is -0.503 e. The number of hydrogen-bond donors (Lipinski definition) is 2. The van der Waals surface area contributed by atoms with Crippen LogP contribution in [0.3, 0.4) is 0 Å². The first-order valence-corrected chi connectivity index (χ1v) is 5.01. The summed E-state index contributed by atoms with van der Waals surface area (Å²) in [4.78, 5) is 25.7. The average molecular weight is 217 g/mol. The standard InChI is InChI=1S/C12H11NO3/c1-2-7-4-3-5-8-9(14)6-10(15)12(16)13-11(7)8/h3-6,15H,2H2,1H3,(H,13,16). The molecule has 1 aromatic carbocycles. The van der Waals surface area contributed by atoms with Crippen molar-refractivity contribution in [3.05, 3.63) is 50.4 Å². The number of hydrogen-bond acceptors (Lipinski definition) is 3. The van der Waals surface area contributed by atoms with Crippen molar-refractivity contribution < 1.29 is 5.11 Å². The van der Waals surface area contributed by atoms with Crippen molar-refractivity contribution in [1.82, 2.24) is 4.98 Å². The third-order valence-electron chi connectivity index (χ3n) is 2.54. The van der Waals surface area contributed by atoms with Crippen molar-refractivity contribution in [2.24, 2.45) is 0 Å². The number of aryl methyl sites for hydroxylation is 1. The lowest BCUT2D eigenvalue weighted by molar-refractivity contribution is 0.468. The molecule has 0 aliphatic rings. The molecule has 0 bridgehead atoms. The maximum Gasteiger partial charge on any atom is 0.290 e. The summed E-state index contributed by atoms with van der Waals surface area (Å²) in [7, 11) is 0. The molecule has 0 saturated carbocycles. The van der Waals surface area contributed by atoms with E-state index in [1.165, 1.54) is 0 Å². The SMILES string of the molecule is CCc1cccc2c(=O)cc(O)c(=O)[nH]c12. The molecular formula is C12H11NO3. The summed E-state index contributed by atoms with van der Waals surface area (Å²) in [6.07, 6.45) is 0.706. The van der Waals surface area contributed by atoms with E-state index in [0.717, 1.165) is 11.6 Å². The Morgan fingerprint density at radius 2 is 2.06 bits per heavy atom. The smallest absolute Gasteiger partial charge is 0.290 e. The molecule has 0 atom stereocenters. The van der Waals surface area contributed by atoms with E-state index in [1.807, 2.05) is 13.0 Å². The monoisotopic (exact) mass is 217 g/mol. The molecule has 0 radical (unpaired) electrons. The van der Waals surface area contributed by atoms with Gasteiger partial charge in [-0.1, -0.05) is 19.1 Å². The molecule has 16 heavy (non-hydrogen) atoms. The van der Waals surface area contributed by atoms with Crippen LogP contribution in [0.15, 0.2) is 33.9 Å². The van der Waals surface area contributed by atoms with Gasteiger partial charge in [0.1, 0.15) is 0 Å². The first-order chi connectivity index (χ1) is 7.63. The van der Waals surface area contributed by atoms with Crippen LogP contribution in [0.2, 0.25) is 0 Å². The topological polar surface area (TPSA) is 70.2 Å². The van der Waals surface area contributed by atoms with Crippen LogP contribution >= 0.6 is 0 Å². The highest BCUT2D eigenvalue weighted by atomic mass is 16.3. The van der Waals surface area contributed by atoms with E-state index in [9.17, 15) is 14.7 Å². The molecule has 0 spiro atoms. The second-order valence-electron chi connectivity index (χ2n) is 3.54. The zero-order chi connectivity index (χ0) is 11.7. The molecular weight excluding hydrogens is 206 g/mol. The number of aromatic nitrogens is 1. The van der Waals surface area contributed by atoms with Crippen LogP contribution in [0.5, 0.6) is 5.75 Å². The van der Waals surface area contributed by atoms with E-state index in [-0.39, 0.29) is 5.43 Å². The number of aromatic amines is 1. The predicted molar refractivity (Wildman–Crippen MR) is 61.9 cm³/mol. The normalized spacial score (nSPS) is 10.6. The van der Waals surface area contributed by atoms with Gasteiger partial charge in [0.05, 0.1) is 5.52 Å². The summed E-state index contributed by atoms with van der Waals surface area (Å²) in [5, 5.41) is 9.71. The van der Waals surface area contributed by atoms with Gasteiger partial charge in [0.15, 0.2) is 11.2 Å². The molecule has 0 saturated heterocycles. The largest absolute Gasteiger partial charge is 0.503 e. The molecule has 2 aromatic rings. The maximum atomic E-state index is 11.7. The van der Waals surface area contributed by atoms with Crippen LogP contribution in [0.4, 0.5) is 0 Å². The molecule has 1 aromatic heterocycles. The zero-order valence-electron chi connectivity index (χ0n) is 8.78. The number of rotatable bonds is 1. The number of nitrogens with one attached hydrogen (secondary N) is 1. The third kappa shape index (κ3) is 1.58. The van der Waals surface area contributed by atoms with Crippen molar-refractivity contribution in [3.8, 4) is 5.75 Å². The van der Waals surface area contributed by atoms with E-state index in [1.54, 1.807) is 12.1 Å². The molecule has 0 aliphatic carbocycles. The quantitative estimate of drug-likeness (QED) is 0.752. The number of fused-ring (bicyclic) bond motifs is 1. The summed E-state index contributed by atoms with van der Waals surface area (Å²) < 4.78 is 0. The van der Waals surface area contributed by atoms with Crippen molar-refractivity contribution >= 4 is 10.9 Å². The Kier molecular flexibility index (Phi) is 2.48. The number of aromatic hydroxyl groups is 1. The molecule has 2 rings (SSSR count). The number of para-hydroxylation sites is 1. The van der Waals surface area contributed by atoms with Gasteiger partial charge >= 0.3 is 0 Å². The van der Waals surface area contributed by atoms with Gasteiger partial charge in [-0.15, -0.1) is 0 Å². The Hall–Kier alpha value is -2.10. The summed E-state index contributed by atoms with van der Waals surface area (Å²) in [6, 6.07) is 6.18. The maximum absolute atomic E-state index is 11.7. The van der Waals surface area contributed by atoms with Crippen LogP contribution in [-0.2, 0) is 6.42 Å². The van der Waals surface area contributed by atoms with E-state index in [2.05, 4.69) is 4.98 Å². The van der Waals surface area contributed by atoms with Gasteiger partial charge in [-0.05, 0) is 18.1 Å². The lowest BCUT2D eigenvalue weighted by Crippen LogP contribution is -2.01. The number of H-pyrrole nitrogens is 1. The molecule has 0 fully saturated rings. The minimum absolute atomic E-state index is 0.360. The first-order valence-electron chi connectivity index (χ1n) is 5.01. The Balaban J connectivity index is 3.10. The van der Waals surface area contributed by atoms with Gasteiger partial charge in [-0.25, -0.2) is 0 Å². The molecule has 2 N–H and O–H groups in total. The van der Waals surface area contributed by atoms with Crippen LogP contribution in [0.25, 0.3) is 10.9 Å². The fourth-order valence-corrected chi connectivity index (χ4v) is 1.69. The molecule has 0 amide bonds. The summed E-state index contributed by atoms with van der Waals surface area (Å²) in [6.45, 7) is 1.93. The molecule has 4 nitrogen and oxygen atoms in total. The van der Waals surface area contributed by atoms with Gasteiger partial charge in [-0.2, -0.15) is 0 Å². The minimum atomic E-state index is -0.645. The fraction of sp³-hybridized carbons (Fsp3) is 0.167. The second kappa shape index (κ2) is 3.81. The predicted octanol–water partition coefficient (Wildman–Crippen LogP) is 1.16. The van der Waals surface area contributed by atoms with Crippen molar-refractivity contribution in [2.75, 3.05) is 0 Å². The van der Waals surface area contributed by atoms with Crippen molar-refractivity contribution in [2.45, 2.75) is 13.3 Å². The lowest BCUT2D eigenvalue weighted by Gasteiger charge is -1.98. The fourth-order valence-electron chi connectivity index (χ4n) is 1.69. The van der Waals surface area contributed by atoms with Gasteiger partial charge in [0.2, 0.25) is 0 Å². The second-order valence-corrected chi connectivity index (χ2v) is 3.54. The highest BCUT2D eigenvalue weighted by Crippen LogP contribution is 2.12. The highest BCUT2D eigenvalue weighted by molar-refractivity contribution is 5.81. The Morgan fingerprint density at radius 3 is 2.75 bits per heavy atom. The molecule has 1 heterocycles. The van der Waals surface area contributed by atoms with Crippen molar-refractivity contribution in [1.29, 1.82) is 0 Å². The summed E-state index contributed by atoms with van der Waals surface area (Å²) in [5.41, 5.74) is 0.372.